The molecule has 0 bridgehead atoms. The Morgan fingerprint density at radius 3 is 2.32 bits per heavy atom. The molecule has 3 aromatic rings. The fraction of sp³-hybridized carbons (Fsp3) is 0.381. The first kappa shape index (κ1) is 22.9. The molecule has 0 radical (unpaired) electrons. The summed E-state index contributed by atoms with van der Waals surface area (Å²) in [7, 11) is 3.00. The number of halogens is 1. The van der Waals surface area contributed by atoms with E-state index in [4.69, 9.17) is 21.1 Å². The molecule has 31 heavy (non-hydrogen) atoms. The van der Waals surface area contributed by atoms with Crippen LogP contribution in [0.1, 0.15) is 48.2 Å². The molecule has 164 valence electrons. The van der Waals surface area contributed by atoms with Gasteiger partial charge in [-0.2, -0.15) is 0 Å². The maximum Gasteiger partial charge on any atom is 0.295 e. The number of pyridine rings is 2. The lowest BCUT2D eigenvalue weighted by Gasteiger charge is -2.13. The van der Waals surface area contributed by atoms with Gasteiger partial charge < -0.3 is 9.47 Å². The molecule has 3 heterocycles. The summed E-state index contributed by atoms with van der Waals surface area (Å²) in [6.45, 7) is 1.83. The molecule has 1 N–H and O–H groups in total. The highest BCUT2D eigenvalue weighted by Gasteiger charge is 2.19. The quantitative estimate of drug-likeness (QED) is 0.522. The molecule has 1 aliphatic carbocycles. The van der Waals surface area contributed by atoms with E-state index < -0.39 is 0 Å². The van der Waals surface area contributed by atoms with E-state index in [2.05, 4.69) is 25.5 Å². The van der Waals surface area contributed by atoms with Gasteiger partial charge in [-0.3, -0.25) is 15.1 Å². The van der Waals surface area contributed by atoms with Gasteiger partial charge in [0.15, 0.2) is 0 Å². The average Bonchev–Trinajstić information content (AvgIpc) is 3.49. The molecule has 1 amide bonds. The molecule has 0 spiro atoms. The van der Waals surface area contributed by atoms with Crippen LogP contribution in [-0.2, 0) is 0 Å². The zero-order valence-corrected chi connectivity index (χ0v) is 19.2. The standard InChI is InChI=1S/C16H14ClN5O3S.C5H10/c1-8-4-9(10-5-13(17)19-7-12(10)24-2)11(6-18-8)14(23)20-15-21-22-16(25-3)26-15;1-2-4-5-3-1/h4-7H,1-3H3,(H,20,21,23);1-5H2. The molecule has 1 saturated carbocycles. The Balaban J connectivity index is 0.000000478. The van der Waals surface area contributed by atoms with Crippen LogP contribution in [0.25, 0.3) is 11.1 Å². The van der Waals surface area contributed by atoms with Crippen LogP contribution < -0.4 is 14.8 Å². The number of aromatic nitrogens is 4. The van der Waals surface area contributed by atoms with Crippen molar-refractivity contribution in [1.29, 1.82) is 0 Å². The summed E-state index contributed by atoms with van der Waals surface area (Å²) in [6.07, 6.45) is 10.5. The second-order valence-corrected chi connectivity index (χ2v) is 8.21. The summed E-state index contributed by atoms with van der Waals surface area (Å²) >= 11 is 7.15. The first-order valence-corrected chi connectivity index (χ1v) is 11.1. The summed E-state index contributed by atoms with van der Waals surface area (Å²) in [6, 6.07) is 3.42. The summed E-state index contributed by atoms with van der Waals surface area (Å²) in [5.74, 6) is 0.105. The topological polar surface area (TPSA) is 99.1 Å². The number of nitrogens with zero attached hydrogens (tertiary/aromatic N) is 4. The molecule has 0 unspecified atom stereocenters. The second-order valence-electron chi connectivity index (χ2n) is 6.88. The van der Waals surface area contributed by atoms with Gasteiger partial charge in [-0.05, 0) is 30.4 Å². The Kier molecular flexibility index (Phi) is 8.13. The molecule has 3 aromatic heterocycles. The molecule has 8 nitrogen and oxygen atoms in total. The number of hydrogen-bond acceptors (Lipinski definition) is 8. The van der Waals surface area contributed by atoms with Crippen molar-refractivity contribution in [2.24, 2.45) is 0 Å². The van der Waals surface area contributed by atoms with Crippen LogP contribution in [0.5, 0.6) is 10.9 Å². The molecule has 0 aliphatic heterocycles. The number of rotatable bonds is 5. The number of ether oxygens (including phenoxy) is 2. The van der Waals surface area contributed by atoms with Gasteiger partial charge in [-0.15, -0.1) is 5.10 Å². The van der Waals surface area contributed by atoms with Crippen molar-refractivity contribution in [2.45, 2.75) is 39.0 Å². The fourth-order valence-electron chi connectivity index (χ4n) is 3.15. The zero-order chi connectivity index (χ0) is 22.2. The normalized spacial score (nSPS) is 12.6. The van der Waals surface area contributed by atoms with E-state index in [9.17, 15) is 4.79 Å². The monoisotopic (exact) mass is 461 g/mol. The molecular formula is C21H24ClN5O3S. The number of amides is 1. The van der Waals surface area contributed by atoms with E-state index in [1.165, 1.54) is 58.7 Å². The van der Waals surface area contributed by atoms with Crippen LogP contribution in [0, 0.1) is 6.92 Å². The summed E-state index contributed by atoms with van der Waals surface area (Å²) in [5.41, 5.74) is 2.33. The van der Waals surface area contributed by atoms with Crippen LogP contribution >= 0.6 is 22.9 Å². The Hall–Kier alpha value is -2.78. The van der Waals surface area contributed by atoms with E-state index in [1.807, 2.05) is 6.92 Å². The predicted octanol–water partition coefficient (Wildman–Crippen LogP) is 5.18. The van der Waals surface area contributed by atoms with E-state index in [0.29, 0.717) is 32.8 Å². The highest BCUT2D eigenvalue weighted by atomic mass is 35.5. The molecule has 10 heteroatoms. The smallest absolute Gasteiger partial charge is 0.295 e. The molecular weight excluding hydrogens is 438 g/mol. The van der Waals surface area contributed by atoms with Crippen LogP contribution in [0.4, 0.5) is 5.13 Å². The first-order chi connectivity index (χ1) is 15.0. The molecule has 1 aliphatic rings. The number of nitrogens with one attached hydrogen (secondary N) is 1. The van der Waals surface area contributed by atoms with Crippen molar-refractivity contribution in [3.63, 3.8) is 0 Å². The Bertz CT molecular complexity index is 1030. The van der Waals surface area contributed by atoms with Crippen LogP contribution in [0.3, 0.4) is 0 Å². The van der Waals surface area contributed by atoms with Gasteiger partial charge >= 0.3 is 0 Å². The lowest BCUT2D eigenvalue weighted by atomic mass is 10.0. The molecule has 4 rings (SSSR count). The minimum absolute atomic E-state index is 0.287. The zero-order valence-electron chi connectivity index (χ0n) is 17.6. The number of carbonyl (C=O) groups is 1. The summed E-state index contributed by atoms with van der Waals surface area (Å²) in [5, 5.41) is 11.3. The maximum atomic E-state index is 12.8. The van der Waals surface area contributed by atoms with Crippen LogP contribution in [0.15, 0.2) is 24.5 Å². The molecule has 0 aromatic carbocycles. The molecule has 1 fully saturated rings. The van der Waals surface area contributed by atoms with Crippen molar-refractivity contribution < 1.29 is 14.3 Å². The number of methoxy groups -OCH3 is 2. The third kappa shape index (κ3) is 6.11. The average molecular weight is 462 g/mol. The van der Waals surface area contributed by atoms with Gasteiger partial charge in [0.1, 0.15) is 10.9 Å². The van der Waals surface area contributed by atoms with Gasteiger partial charge in [-0.25, -0.2) is 4.98 Å². The van der Waals surface area contributed by atoms with Gasteiger partial charge in [0.25, 0.3) is 11.1 Å². The molecule has 0 saturated heterocycles. The van der Waals surface area contributed by atoms with E-state index in [1.54, 1.807) is 12.1 Å². The Morgan fingerprint density at radius 2 is 1.71 bits per heavy atom. The van der Waals surface area contributed by atoms with Crippen molar-refractivity contribution in [2.75, 3.05) is 19.5 Å². The van der Waals surface area contributed by atoms with E-state index in [0.717, 1.165) is 17.0 Å². The highest BCUT2D eigenvalue weighted by Crippen LogP contribution is 2.34. The number of carbonyl (C=O) groups excluding carboxylic acids is 1. The molecule has 0 atom stereocenters. The third-order valence-corrected chi connectivity index (χ3v) is 5.69. The van der Waals surface area contributed by atoms with E-state index >= 15 is 0 Å². The van der Waals surface area contributed by atoms with Crippen LogP contribution in [-0.4, -0.2) is 40.3 Å². The maximum absolute atomic E-state index is 12.8. The number of aryl methyl sites for hydroxylation is 1. The van der Waals surface area contributed by atoms with Gasteiger partial charge in [0.05, 0.1) is 26.0 Å². The Morgan fingerprint density at radius 1 is 1.00 bits per heavy atom. The SMILES string of the molecule is C1CCCC1.COc1nnc(NC(=O)c2cnc(C)cc2-c2cc(Cl)ncc2OC)s1. The lowest BCUT2D eigenvalue weighted by molar-refractivity contribution is 0.102. The van der Waals surface area contributed by atoms with Crippen molar-refractivity contribution in [3.05, 3.63) is 40.9 Å². The minimum atomic E-state index is -0.388. The van der Waals surface area contributed by atoms with E-state index in [-0.39, 0.29) is 11.1 Å². The highest BCUT2D eigenvalue weighted by molar-refractivity contribution is 7.17. The Labute approximate surface area is 190 Å². The van der Waals surface area contributed by atoms with Gasteiger partial charge in [0, 0.05) is 23.0 Å². The second kappa shape index (κ2) is 11.0. The predicted molar refractivity (Wildman–Crippen MR) is 121 cm³/mol. The minimum Gasteiger partial charge on any atom is -0.494 e. The largest absolute Gasteiger partial charge is 0.494 e. The van der Waals surface area contributed by atoms with Crippen molar-refractivity contribution in [3.8, 4) is 22.1 Å². The lowest BCUT2D eigenvalue weighted by Crippen LogP contribution is -2.14. The number of anilines is 1. The fourth-order valence-corrected chi connectivity index (χ4v) is 3.86. The summed E-state index contributed by atoms with van der Waals surface area (Å²) < 4.78 is 10.3. The summed E-state index contributed by atoms with van der Waals surface area (Å²) in [4.78, 5) is 21.0. The van der Waals surface area contributed by atoms with Gasteiger partial charge in [0.2, 0.25) is 5.13 Å². The first-order valence-electron chi connectivity index (χ1n) is 9.87. The third-order valence-electron chi connectivity index (χ3n) is 4.68. The number of hydrogen-bond donors (Lipinski definition) is 1. The van der Waals surface area contributed by atoms with Gasteiger partial charge in [-0.1, -0.05) is 48.8 Å². The van der Waals surface area contributed by atoms with Crippen molar-refractivity contribution >= 4 is 34.0 Å². The van der Waals surface area contributed by atoms with Crippen LogP contribution in [0.2, 0.25) is 5.15 Å². The van der Waals surface area contributed by atoms with Crippen molar-refractivity contribution in [1.82, 2.24) is 20.2 Å².